The van der Waals surface area contributed by atoms with E-state index in [0.717, 1.165) is 35.1 Å². The van der Waals surface area contributed by atoms with Gasteiger partial charge in [0.05, 0.1) is 5.41 Å². The summed E-state index contributed by atoms with van der Waals surface area (Å²) in [6.07, 6.45) is 2.34. The maximum atomic E-state index is 12.7. The van der Waals surface area contributed by atoms with Crippen molar-refractivity contribution in [3.05, 3.63) is 59.7 Å². The molecule has 7 nitrogen and oxygen atoms in total. The summed E-state index contributed by atoms with van der Waals surface area (Å²) in [6.45, 7) is 5.69. The molecule has 2 aromatic carbocycles. The van der Waals surface area contributed by atoms with Gasteiger partial charge in [-0.25, -0.2) is 4.79 Å². The quantitative estimate of drug-likeness (QED) is 0.392. The Morgan fingerprint density at radius 1 is 1.03 bits per heavy atom. The third kappa shape index (κ3) is 6.41. The van der Waals surface area contributed by atoms with E-state index in [-0.39, 0.29) is 37.4 Å². The number of carboxylic acids is 1. The Morgan fingerprint density at radius 2 is 1.63 bits per heavy atom. The summed E-state index contributed by atoms with van der Waals surface area (Å²) in [5.74, 6) is -1.26. The first-order valence-electron chi connectivity index (χ1n) is 12.4. The normalized spacial score (nSPS) is 14.8. The van der Waals surface area contributed by atoms with E-state index in [4.69, 9.17) is 4.74 Å². The number of fused-ring (bicyclic) bond motifs is 3. The van der Waals surface area contributed by atoms with Crippen molar-refractivity contribution >= 4 is 18.0 Å². The summed E-state index contributed by atoms with van der Waals surface area (Å²) in [5, 5.41) is 15.0. The van der Waals surface area contributed by atoms with Crippen LogP contribution in [0.15, 0.2) is 48.5 Å². The average Bonchev–Trinajstić information content (AvgIpc) is 3.18. The predicted molar refractivity (Wildman–Crippen MR) is 135 cm³/mol. The van der Waals surface area contributed by atoms with Crippen molar-refractivity contribution in [1.82, 2.24) is 10.6 Å². The van der Waals surface area contributed by atoms with E-state index < -0.39 is 17.5 Å². The molecule has 0 bridgehead atoms. The number of unbranched alkanes of at least 4 members (excludes halogenated alkanes) is 1. The van der Waals surface area contributed by atoms with Crippen molar-refractivity contribution in [2.75, 3.05) is 13.2 Å². The van der Waals surface area contributed by atoms with Crippen molar-refractivity contribution in [3.8, 4) is 11.1 Å². The Bertz CT molecular complexity index is 1010. The summed E-state index contributed by atoms with van der Waals surface area (Å²) < 4.78 is 5.64. The molecule has 1 aliphatic carbocycles. The molecule has 35 heavy (non-hydrogen) atoms. The predicted octanol–water partition coefficient (Wildman–Crippen LogP) is 5.09. The first-order chi connectivity index (χ1) is 16.8. The lowest BCUT2D eigenvalue weighted by Crippen LogP contribution is -2.44. The molecule has 188 valence electrons. The minimum atomic E-state index is -1.02. The van der Waals surface area contributed by atoms with Gasteiger partial charge >= 0.3 is 12.1 Å². The standard InChI is InChI=1S/C28H36N2O5/c1-4-6-11-19(16-25(31)29-18-28(3,5-2)26(32)33)30-27(34)35-17-24-22-14-9-7-12-20(22)21-13-8-10-15-23(21)24/h7-10,12-15,19,24H,4-6,11,16-18H2,1-3H3,(H,29,31)(H,30,34)(H,32,33)/t19-,28?/m0/s1. The average molecular weight is 481 g/mol. The minimum absolute atomic E-state index is 0.0340. The summed E-state index contributed by atoms with van der Waals surface area (Å²) >= 11 is 0. The lowest BCUT2D eigenvalue weighted by atomic mass is 9.87. The van der Waals surface area contributed by atoms with Crippen LogP contribution in [0.4, 0.5) is 4.79 Å². The third-order valence-electron chi connectivity index (χ3n) is 6.98. The Kier molecular flexibility index (Phi) is 8.90. The number of rotatable bonds is 12. The van der Waals surface area contributed by atoms with E-state index in [1.54, 1.807) is 13.8 Å². The molecule has 0 saturated heterocycles. The largest absolute Gasteiger partial charge is 0.481 e. The van der Waals surface area contributed by atoms with Crippen molar-refractivity contribution in [1.29, 1.82) is 0 Å². The number of hydrogen-bond donors (Lipinski definition) is 3. The van der Waals surface area contributed by atoms with Gasteiger partial charge in [-0.15, -0.1) is 0 Å². The number of benzene rings is 2. The van der Waals surface area contributed by atoms with E-state index >= 15 is 0 Å². The lowest BCUT2D eigenvalue weighted by molar-refractivity contribution is -0.148. The molecule has 2 atom stereocenters. The molecule has 0 spiro atoms. The van der Waals surface area contributed by atoms with Crippen molar-refractivity contribution in [2.24, 2.45) is 5.41 Å². The highest BCUT2D eigenvalue weighted by molar-refractivity contribution is 5.80. The number of ether oxygens (including phenoxy) is 1. The van der Waals surface area contributed by atoms with Crippen LogP contribution >= 0.6 is 0 Å². The fraction of sp³-hybridized carbons (Fsp3) is 0.464. The third-order valence-corrected chi connectivity index (χ3v) is 6.98. The van der Waals surface area contributed by atoms with Crippen LogP contribution in [0, 0.1) is 5.41 Å². The SMILES string of the molecule is CCCC[C@@H](CC(=O)NCC(C)(CC)C(=O)O)NC(=O)OCC1c2ccccc2-c2ccccc21. The molecule has 0 saturated carbocycles. The molecule has 1 aliphatic rings. The molecule has 0 aliphatic heterocycles. The van der Waals surface area contributed by atoms with Gasteiger partial charge in [-0.05, 0) is 42.0 Å². The van der Waals surface area contributed by atoms with E-state index in [0.29, 0.717) is 12.8 Å². The second kappa shape index (κ2) is 11.9. The Hall–Kier alpha value is -3.35. The maximum absolute atomic E-state index is 12.7. The number of nitrogens with one attached hydrogen (secondary N) is 2. The van der Waals surface area contributed by atoms with Gasteiger partial charge in [0.25, 0.3) is 0 Å². The first-order valence-corrected chi connectivity index (χ1v) is 12.4. The van der Waals surface area contributed by atoms with Gasteiger partial charge in [-0.3, -0.25) is 9.59 Å². The van der Waals surface area contributed by atoms with E-state index in [2.05, 4.69) is 34.9 Å². The van der Waals surface area contributed by atoms with Crippen LogP contribution in [0.3, 0.4) is 0 Å². The molecular weight excluding hydrogens is 444 g/mol. The number of hydrogen-bond acceptors (Lipinski definition) is 4. The fourth-order valence-corrected chi connectivity index (χ4v) is 4.42. The maximum Gasteiger partial charge on any atom is 0.407 e. The van der Waals surface area contributed by atoms with Gasteiger partial charge in [-0.2, -0.15) is 0 Å². The summed E-state index contributed by atoms with van der Waals surface area (Å²) in [7, 11) is 0. The molecule has 0 aromatic heterocycles. The molecule has 3 N–H and O–H groups in total. The minimum Gasteiger partial charge on any atom is -0.481 e. The van der Waals surface area contributed by atoms with Crippen LogP contribution in [0.2, 0.25) is 0 Å². The Labute approximate surface area is 207 Å². The number of alkyl carbamates (subject to hydrolysis) is 1. The molecular formula is C28H36N2O5. The van der Waals surface area contributed by atoms with E-state index in [9.17, 15) is 19.5 Å². The zero-order valence-corrected chi connectivity index (χ0v) is 20.8. The monoisotopic (exact) mass is 480 g/mol. The fourth-order valence-electron chi connectivity index (χ4n) is 4.42. The number of carboxylic acid groups (broad SMARTS) is 1. The van der Waals surface area contributed by atoms with Crippen LogP contribution in [0.25, 0.3) is 11.1 Å². The molecule has 0 fully saturated rings. The molecule has 2 amide bonds. The molecule has 0 heterocycles. The highest BCUT2D eigenvalue weighted by atomic mass is 16.5. The van der Waals surface area contributed by atoms with Crippen molar-refractivity contribution in [2.45, 2.75) is 64.8 Å². The Morgan fingerprint density at radius 3 is 2.17 bits per heavy atom. The van der Waals surface area contributed by atoms with Gasteiger partial charge in [-0.1, -0.05) is 75.2 Å². The topological polar surface area (TPSA) is 105 Å². The molecule has 2 aromatic rings. The highest BCUT2D eigenvalue weighted by Gasteiger charge is 2.32. The van der Waals surface area contributed by atoms with Crippen LogP contribution in [-0.2, 0) is 14.3 Å². The first kappa shape index (κ1) is 26.3. The smallest absolute Gasteiger partial charge is 0.407 e. The highest BCUT2D eigenvalue weighted by Crippen LogP contribution is 2.44. The van der Waals surface area contributed by atoms with Crippen LogP contribution in [0.5, 0.6) is 0 Å². The number of amides is 2. The van der Waals surface area contributed by atoms with Crippen LogP contribution in [-0.4, -0.2) is 42.3 Å². The second-order valence-corrected chi connectivity index (χ2v) is 9.51. The summed E-state index contributed by atoms with van der Waals surface area (Å²) in [4.78, 5) is 36.7. The second-order valence-electron chi connectivity index (χ2n) is 9.51. The number of carbonyl (C=O) groups excluding carboxylic acids is 2. The zero-order chi connectivity index (χ0) is 25.4. The van der Waals surface area contributed by atoms with Crippen molar-refractivity contribution < 1.29 is 24.2 Å². The number of carbonyl (C=O) groups is 3. The van der Waals surface area contributed by atoms with Crippen molar-refractivity contribution in [3.63, 3.8) is 0 Å². The van der Waals surface area contributed by atoms with Gasteiger partial charge in [0.2, 0.25) is 5.91 Å². The molecule has 7 heteroatoms. The summed E-state index contributed by atoms with van der Waals surface area (Å²) in [6, 6.07) is 15.9. The molecule has 0 radical (unpaired) electrons. The van der Waals surface area contributed by atoms with E-state index in [1.165, 1.54) is 0 Å². The van der Waals surface area contributed by atoms with Crippen LogP contribution < -0.4 is 10.6 Å². The summed E-state index contributed by atoms with van der Waals surface area (Å²) in [5.41, 5.74) is 3.58. The van der Waals surface area contributed by atoms with Gasteiger partial charge in [0.1, 0.15) is 6.61 Å². The molecule has 1 unspecified atom stereocenters. The van der Waals surface area contributed by atoms with Gasteiger partial charge < -0.3 is 20.5 Å². The van der Waals surface area contributed by atoms with Gasteiger partial charge in [0.15, 0.2) is 0 Å². The zero-order valence-electron chi connectivity index (χ0n) is 20.8. The Balaban J connectivity index is 1.58. The number of aliphatic carboxylic acids is 1. The van der Waals surface area contributed by atoms with Gasteiger partial charge in [0, 0.05) is 24.9 Å². The van der Waals surface area contributed by atoms with Crippen LogP contribution in [0.1, 0.15) is 69.9 Å². The molecule has 3 rings (SSSR count). The lowest BCUT2D eigenvalue weighted by Gasteiger charge is -2.24. The van der Waals surface area contributed by atoms with E-state index in [1.807, 2.05) is 31.2 Å².